The molecule has 0 aliphatic carbocycles. The van der Waals surface area contributed by atoms with Crippen molar-refractivity contribution in [3.8, 4) is 0 Å². The molecule has 172 valence electrons. The van der Waals surface area contributed by atoms with Gasteiger partial charge < -0.3 is 19.7 Å². The Morgan fingerprint density at radius 2 is 2.19 bits per heavy atom. The van der Waals surface area contributed by atoms with E-state index in [1.165, 1.54) is 25.1 Å². The lowest BCUT2D eigenvalue weighted by atomic mass is 10.1. The largest absolute Gasteiger partial charge is 0.462 e. The van der Waals surface area contributed by atoms with Gasteiger partial charge in [-0.1, -0.05) is 17.7 Å². The van der Waals surface area contributed by atoms with E-state index < -0.39 is 53.1 Å². The van der Waals surface area contributed by atoms with Gasteiger partial charge in [-0.2, -0.15) is 0 Å². The number of aliphatic hydroxyl groups is 2. The minimum Gasteiger partial charge on any atom is -0.462 e. The van der Waals surface area contributed by atoms with E-state index in [-0.39, 0.29) is 34.9 Å². The fraction of sp³-hybridized carbons (Fsp3) is 0.421. The molecule has 1 aliphatic heterocycles. The molecule has 3 rings (SSSR count). The molecule has 0 amide bonds. The molecule has 0 bridgehead atoms. The topological polar surface area (TPSA) is 174 Å². The molecular weight excluding hydrogens is 450 g/mol. The smallest absolute Gasteiger partial charge is 0.360 e. The average Bonchev–Trinajstić information content (AvgIpc) is 3.08. The number of hydrogen-bond donors (Lipinski definition) is 3. The first-order valence-corrected chi connectivity index (χ1v) is 9.87. The first-order chi connectivity index (χ1) is 15.1. The van der Waals surface area contributed by atoms with Gasteiger partial charge in [0.2, 0.25) is 0 Å². The SMILES string of the molecule is Cc1cn([C@@]2(C(=O)OCCc3c(Cl)cccc3[N+](=O)[O-])C[C@H](O)[C@@H](CO)O2)c(=O)[nH]c1=O. The first kappa shape index (κ1) is 23.6. The average molecular weight is 470 g/mol. The van der Waals surface area contributed by atoms with Gasteiger partial charge in [0.25, 0.3) is 17.0 Å². The zero-order valence-electron chi connectivity index (χ0n) is 16.8. The second-order valence-corrected chi connectivity index (χ2v) is 7.62. The molecule has 0 spiro atoms. The second kappa shape index (κ2) is 9.20. The van der Waals surface area contributed by atoms with Gasteiger partial charge in [0.05, 0.1) is 34.8 Å². The summed E-state index contributed by atoms with van der Waals surface area (Å²) in [7, 11) is 0. The number of carbonyl (C=O) groups excluding carboxylic acids is 1. The molecule has 0 saturated carbocycles. The number of aryl methyl sites for hydroxylation is 1. The van der Waals surface area contributed by atoms with E-state index in [9.17, 15) is 34.7 Å². The molecule has 13 heteroatoms. The third-order valence-corrected chi connectivity index (χ3v) is 5.50. The number of nitro benzene ring substituents is 1. The van der Waals surface area contributed by atoms with Crippen LogP contribution in [0.5, 0.6) is 0 Å². The van der Waals surface area contributed by atoms with Crippen molar-refractivity contribution in [2.75, 3.05) is 13.2 Å². The van der Waals surface area contributed by atoms with Crippen molar-refractivity contribution < 1.29 is 29.4 Å². The molecular formula is C19H20ClN3O9. The number of aliphatic hydroxyl groups excluding tert-OH is 2. The molecule has 1 saturated heterocycles. The normalized spacial score (nSPS) is 22.6. The zero-order valence-corrected chi connectivity index (χ0v) is 17.6. The van der Waals surface area contributed by atoms with Crippen LogP contribution < -0.4 is 11.2 Å². The summed E-state index contributed by atoms with van der Waals surface area (Å²) in [5, 5.41) is 31.0. The van der Waals surface area contributed by atoms with Gasteiger partial charge in [0, 0.05) is 30.7 Å². The summed E-state index contributed by atoms with van der Waals surface area (Å²) in [4.78, 5) is 49.9. The molecule has 2 heterocycles. The van der Waals surface area contributed by atoms with Crippen molar-refractivity contribution in [2.45, 2.75) is 37.7 Å². The van der Waals surface area contributed by atoms with Crippen LogP contribution in [-0.4, -0.2) is 56.1 Å². The Morgan fingerprint density at radius 1 is 1.47 bits per heavy atom. The van der Waals surface area contributed by atoms with Gasteiger partial charge in [-0.15, -0.1) is 0 Å². The maximum Gasteiger partial charge on any atom is 0.360 e. The van der Waals surface area contributed by atoms with E-state index in [0.717, 1.165) is 10.8 Å². The maximum absolute atomic E-state index is 13.1. The van der Waals surface area contributed by atoms with E-state index in [4.69, 9.17) is 21.1 Å². The molecule has 1 fully saturated rings. The fourth-order valence-corrected chi connectivity index (χ4v) is 3.76. The van der Waals surface area contributed by atoms with Gasteiger partial charge >= 0.3 is 11.7 Å². The zero-order chi connectivity index (χ0) is 23.6. The molecule has 0 radical (unpaired) electrons. The van der Waals surface area contributed by atoms with E-state index in [1.807, 2.05) is 4.98 Å². The van der Waals surface area contributed by atoms with Crippen LogP contribution >= 0.6 is 11.6 Å². The van der Waals surface area contributed by atoms with Crippen molar-refractivity contribution in [1.29, 1.82) is 0 Å². The molecule has 1 aliphatic rings. The van der Waals surface area contributed by atoms with Gasteiger partial charge in [-0.05, 0) is 13.0 Å². The van der Waals surface area contributed by atoms with Crippen LogP contribution in [0, 0.1) is 17.0 Å². The number of ether oxygens (including phenoxy) is 2. The van der Waals surface area contributed by atoms with Crippen LogP contribution in [0.15, 0.2) is 34.0 Å². The predicted molar refractivity (Wildman–Crippen MR) is 109 cm³/mol. The summed E-state index contributed by atoms with van der Waals surface area (Å²) in [5.41, 5.74) is -3.81. The Labute approximate surface area is 185 Å². The highest BCUT2D eigenvalue weighted by Gasteiger charge is 2.54. The highest BCUT2D eigenvalue weighted by atomic mass is 35.5. The minimum atomic E-state index is -2.16. The highest BCUT2D eigenvalue weighted by molar-refractivity contribution is 6.31. The number of aromatic nitrogens is 2. The molecule has 0 unspecified atom stereocenters. The number of H-pyrrole nitrogens is 1. The van der Waals surface area contributed by atoms with E-state index in [1.54, 1.807) is 0 Å². The Balaban J connectivity index is 1.91. The van der Waals surface area contributed by atoms with Crippen LogP contribution in [0.4, 0.5) is 5.69 Å². The molecule has 3 N–H and O–H groups in total. The van der Waals surface area contributed by atoms with Gasteiger partial charge in [0.1, 0.15) is 6.10 Å². The summed E-state index contributed by atoms with van der Waals surface area (Å²) in [6.45, 7) is 0.407. The second-order valence-electron chi connectivity index (χ2n) is 7.22. The Bertz CT molecular complexity index is 1160. The summed E-state index contributed by atoms with van der Waals surface area (Å²) < 4.78 is 11.6. The Morgan fingerprint density at radius 3 is 2.81 bits per heavy atom. The summed E-state index contributed by atoms with van der Waals surface area (Å²) in [6.07, 6.45) is -1.95. The van der Waals surface area contributed by atoms with Crippen LogP contribution in [0.1, 0.15) is 17.5 Å². The number of nitro groups is 1. The number of halogens is 1. The van der Waals surface area contributed by atoms with E-state index in [0.29, 0.717) is 0 Å². The van der Waals surface area contributed by atoms with Gasteiger partial charge in [-0.25, -0.2) is 9.59 Å². The van der Waals surface area contributed by atoms with E-state index >= 15 is 0 Å². The lowest BCUT2D eigenvalue weighted by Gasteiger charge is -2.28. The number of rotatable bonds is 7. The number of benzene rings is 1. The highest BCUT2D eigenvalue weighted by Crippen LogP contribution is 2.36. The monoisotopic (exact) mass is 469 g/mol. The number of aromatic amines is 1. The molecule has 1 aromatic heterocycles. The molecule has 2 aromatic rings. The van der Waals surface area contributed by atoms with Crippen molar-refractivity contribution in [2.24, 2.45) is 0 Å². The van der Waals surface area contributed by atoms with Crippen LogP contribution in [-0.2, 0) is 26.4 Å². The number of nitrogens with one attached hydrogen (secondary N) is 1. The van der Waals surface area contributed by atoms with Crippen molar-refractivity contribution in [1.82, 2.24) is 9.55 Å². The van der Waals surface area contributed by atoms with Gasteiger partial charge in [0.15, 0.2) is 0 Å². The predicted octanol–water partition coefficient (Wildman–Crippen LogP) is -0.0126. The Kier molecular flexibility index (Phi) is 6.79. The molecule has 12 nitrogen and oxygen atoms in total. The van der Waals surface area contributed by atoms with Gasteiger partial charge in [-0.3, -0.25) is 24.5 Å². The molecule has 1 aromatic carbocycles. The lowest BCUT2D eigenvalue weighted by Crippen LogP contribution is -2.51. The standard InChI is InChI=1S/C19H20ClN3O9/c1-10-8-22(18(28)21-16(10)26)19(7-14(25)15(9-24)32-19)17(27)31-6-5-11-12(20)3-2-4-13(11)23(29)30/h2-4,8,14-15,24-25H,5-7,9H2,1H3,(H,21,26,28)/t14-,15+,19-/m0/s1. The third-order valence-electron chi connectivity index (χ3n) is 5.15. The van der Waals surface area contributed by atoms with Crippen LogP contribution in [0.25, 0.3) is 0 Å². The third kappa shape index (κ3) is 4.30. The minimum absolute atomic E-state index is 0.0917. The first-order valence-electron chi connectivity index (χ1n) is 9.49. The number of carbonyl (C=O) groups is 1. The van der Waals surface area contributed by atoms with E-state index in [2.05, 4.69) is 0 Å². The van der Waals surface area contributed by atoms with Crippen molar-refractivity contribution >= 4 is 23.3 Å². The fourth-order valence-electron chi connectivity index (χ4n) is 3.50. The van der Waals surface area contributed by atoms with Crippen LogP contribution in [0.3, 0.4) is 0 Å². The lowest BCUT2D eigenvalue weighted by molar-refractivity contribution is -0.385. The number of esters is 1. The summed E-state index contributed by atoms with van der Waals surface area (Å²) in [6, 6.07) is 4.13. The van der Waals surface area contributed by atoms with Crippen molar-refractivity contribution in [3.63, 3.8) is 0 Å². The quantitative estimate of drug-likeness (QED) is 0.286. The maximum atomic E-state index is 13.1. The number of nitrogens with zero attached hydrogens (tertiary/aromatic N) is 2. The van der Waals surface area contributed by atoms with Crippen molar-refractivity contribution in [3.05, 3.63) is 71.5 Å². The summed E-state index contributed by atoms with van der Waals surface area (Å²) >= 11 is 6.04. The Hall–Kier alpha value is -3.06. The number of hydrogen-bond acceptors (Lipinski definition) is 9. The van der Waals surface area contributed by atoms with Crippen LogP contribution in [0.2, 0.25) is 5.02 Å². The molecule has 3 atom stereocenters. The molecule has 32 heavy (non-hydrogen) atoms. The summed E-state index contributed by atoms with van der Waals surface area (Å²) in [5.74, 6) is -1.09.